The maximum atomic E-state index is 12.4. The fourth-order valence-electron chi connectivity index (χ4n) is 2.27. The standard InChI is InChI=1S/C20H19N3O5/c1-2-22-20(26)23-19(25)18(14-8-4-3-5-9-14)28-17(24)13-27-16-11-7-6-10-15(16)12-21/h3-11,18H,2,13H2,1H3,(H2,22,23,25,26)/t18-/m0/s1. The zero-order valence-electron chi connectivity index (χ0n) is 15.2. The van der Waals surface area contributed by atoms with E-state index in [0.717, 1.165) is 0 Å². The lowest BCUT2D eigenvalue weighted by atomic mass is 10.1. The van der Waals surface area contributed by atoms with Crippen molar-refractivity contribution in [2.75, 3.05) is 13.2 Å². The lowest BCUT2D eigenvalue weighted by Gasteiger charge is -2.18. The van der Waals surface area contributed by atoms with Gasteiger partial charge in [0.05, 0.1) is 5.56 Å². The summed E-state index contributed by atoms with van der Waals surface area (Å²) in [6, 6.07) is 16.0. The number of nitrogens with one attached hydrogen (secondary N) is 2. The molecule has 0 aliphatic heterocycles. The molecule has 28 heavy (non-hydrogen) atoms. The molecule has 0 radical (unpaired) electrons. The van der Waals surface area contributed by atoms with Gasteiger partial charge in [-0.1, -0.05) is 42.5 Å². The van der Waals surface area contributed by atoms with Crippen LogP contribution in [0.25, 0.3) is 0 Å². The molecule has 8 nitrogen and oxygen atoms in total. The smallest absolute Gasteiger partial charge is 0.345 e. The minimum atomic E-state index is -1.33. The molecule has 144 valence electrons. The van der Waals surface area contributed by atoms with E-state index in [1.807, 2.05) is 6.07 Å². The number of urea groups is 1. The van der Waals surface area contributed by atoms with Crippen LogP contribution in [-0.2, 0) is 14.3 Å². The Labute approximate surface area is 162 Å². The van der Waals surface area contributed by atoms with Gasteiger partial charge in [0.15, 0.2) is 6.61 Å². The number of carbonyl (C=O) groups is 3. The first-order valence-corrected chi connectivity index (χ1v) is 8.50. The number of rotatable bonds is 7. The average Bonchev–Trinajstić information content (AvgIpc) is 2.71. The molecule has 0 spiro atoms. The van der Waals surface area contributed by atoms with Gasteiger partial charge in [-0.05, 0) is 19.1 Å². The van der Waals surface area contributed by atoms with E-state index in [0.29, 0.717) is 12.1 Å². The normalized spacial score (nSPS) is 10.9. The van der Waals surface area contributed by atoms with E-state index < -0.39 is 30.6 Å². The van der Waals surface area contributed by atoms with E-state index in [2.05, 4.69) is 10.6 Å². The van der Waals surface area contributed by atoms with Crippen LogP contribution in [0.4, 0.5) is 4.79 Å². The third-order valence-corrected chi connectivity index (χ3v) is 3.52. The summed E-state index contributed by atoms with van der Waals surface area (Å²) in [5.74, 6) is -1.39. The predicted octanol–water partition coefficient (Wildman–Crippen LogP) is 2.07. The highest BCUT2D eigenvalue weighted by atomic mass is 16.6. The van der Waals surface area contributed by atoms with Crippen molar-refractivity contribution in [1.82, 2.24) is 10.6 Å². The van der Waals surface area contributed by atoms with Crippen LogP contribution in [0.5, 0.6) is 5.75 Å². The summed E-state index contributed by atoms with van der Waals surface area (Å²) in [5.41, 5.74) is 0.666. The van der Waals surface area contributed by atoms with Crippen LogP contribution < -0.4 is 15.4 Å². The summed E-state index contributed by atoms with van der Waals surface area (Å²) in [6.07, 6.45) is -1.33. The molecule has 0 unspecified atom stereocenters. The van der Waals surface area contributed by atoms with E-state index in [1.165, 1.54) is 0 Å². The van der Waals surface area contributed by atoms with E-state index in [1.54, 1.807) is 61.5 Å². The van der Waals surface area contributed by atoms with Crippen LogP contribution in [0.3, 0.4) is 0 Å². The van der Waals surface area contributed by atoms with Crippen molar-refractivity contribution < 1.29 is 23.9 Å². The Morgan fingerprint density at radius 1 is 1.07 bits per heavy atom. The first-order chi connectivity index (χ1) is 13.5. The van der Waals surface area contributed by atoms with Gasteiger partial charge in [-0.15, -0.1) is 0 Å². The number of nitriles is 1. The van der Waals surface area contributed by atoms with Crippen molar-refractivity contribution in [3.63, 3.8) is 0 Å². The Morgan fingerprint density at radius 3 is 2.43 bits per heavy atom. The summed E-state index contributed by atoms with van der Waals surface area (Å²) in [6.45, 7) is 1.53. The van der Waals surface area contributed by atoms with Gasteiger partial charge in [0.1, 0.15) is 11.8 Å². The molecular weight excluding hydrogens is 362 g/mol. The second-order valence-electron chi connectivity index (χ2n) is 5.53. The summed E-state index contributed by atoms with van der Waals surface area (Å²) < 4.78 is 10.6. The Morgan fingerprint density at radius 2 is 1.75 bits per heavy atom. The maximum absolute atomic E-state index is 12.4. The molecule has 2 N–H and O–H groups in total. The minimum absolute atomic E-state index is 0.227. The van der Waals surface area contributed by atoms with Gasteiger partial charge in [-0.25, -0.2) is 9.59 Å². The van der Waals surface area contributed by atoms with Gasteiger partial charge < -0.3 is 14.8 Å². The van der Waals surface area contributed by atoms with Crippen molar-refractivity contribution >= 4 is 17.9 Å². The Bertz CT molecular complexity index is 877. The number of hydrogen-bond acceptors (Lipinski definition) is 6. The van der Waals surface area contributed by atoms with Crippen LogP contribution in [0.2, 0.25) is 0 Å². The second-order valence-corrected chi connectivity index (χ2v) is 5.53. The Balaban J connectivity index is 2.07. The van der Waals surface area contributed by atoms with Crippen LogP contribution in [0, 0.1) is 11.3 Å². The molecule has 0 saturated carbocycles. The number of amides is 3. The number of hydrogen-bond donors (Lipinski definition) is 2. The van der Waals surface area contributed by atoms with Crippen LogP contribution >= 0.6 is 0 Å². The van der Waals surface area contributed by atoms with Crippen LogP contribution in [0.15, 0.2) is 54.6 Å². The minimum Gasteiger partial charge on any atom is -0.481 e. The molecule has 0 aliphatic carbocycles. The SMILES string of the molecule is CCNC(=O)NC(=O)[C@@H](OC(=O)COc1ccccc1C#N)c1ccccc1. The fourth-order valence-corrected chi connectivity index (χ4v) is 2.27. The monoisotopic (exact) mass is 381 g/mol. The Kier molecular flexibility index (Phi) is 7.54. The average molecular weight is 381 g/mol. The molecule has 2 aromatic rings. The fraction of sp³-hybridized carbons (Fsp3) is 0.200. The number of nitrogens with zero attached hydrogens (tertiary/aromatic N) is 1. The van der Waals surface area contributed by atoms with Gasteiger partial charge >= 0.3 is 12.0 Å². The molecule has 0 heterocycles. The highest BCUT2D eigenvalue weighted by Gasteiger charge is 2.26. The zero-order valence-corrected chi connectivity index (χ0v) is 15.2. The third kappa shape index (κ3) is 5.85. The van der Waals surface area contributed by atoms with Gasteiger partial charge in [-0.2, -0.15) is 5.26 Å². The predicted molar refractivity (Wildman–Crippen MR) is 99.1 cm³/mol. The first-order valence-electron chi connectivity index (χ1n) is 8.50. The van der Waals surface area contributed by atoms with Crippen molar-refractivity contribution in [3.8, 4) is 11.8 Å². The van der Waals surface area contributed by atoms with E-state index in [4.69, 9.17) is 14.7 Å². The molecule has 2 aromatic carbocycles. The number of imide groups is 1. The third-order valence-electron chi connectivity index (χ3n) is 3.52. The van der Waals surface area contributed by atoms with Gasteiger partial charge in [0, 0.05) is 12.1 Å². The topological polar surface area (TPSA) is 118 Å². The quantitative estimate of drug-likeness (QED) is 0.709. The molecule has 0 fully saturated rings. The molecule has 0 aliphatic rings. The van der Waals surface area contributed by atoms with Crippen molar-refractivity contribution in [3.05, 3.63) is 65.7 Å². The largest absolute Gasteiger partial charge is 0.481 e. The van der Waals surface area contributed by atoms with Gasteiger partial charge in [0.25, 0.3) is 5.91 Å². The highest BCUT2D eigenvalue weighted by Crippen LogP contribution is 2.19. The lowest BCUT2D eigenvalue weighted by Crippen LogP contribution is -2.42. The van der Waals surface area contributed by atoms with Crippen molar-refractivity contribution in [1.29, 1.82) is 5.26 Å². The van der Waals surface area contributed by atoms with Crippen molar-refractivity contribution in [2.45, 2.75) is 13.0 Å². The van der Waals surface area contributed by atoms with Crippen LogP contribution in [0.1, 0.15) is 24.2 Å². The summed E-state index contributed by atoms with van der Waals surface area (Å²) in [5, 5.41) is 13.6. The Hall–Kier alpha value is -3.86. The molecule has 3 amide bonds. The van der Waals surface area contributed by atoms with Gasteiger partial charge in [-0.3, -0.25) is 10.1 Å². The molecular formula is C20H19N3O5. The van der Waals surface area contributed by atoms with Crippen molar-refractivity contribution in [2.24, 2.45) is 0 Å². The van der Waals surface area contributed by atoms with Crippen LogP contribution in [-0.4, -0.2) is 31.1 Å². The highest BCUT2D eigenvalue weighted by molar-refractivity contribution is 5.97. The molecule has 8 heteroatoms. The number of carbonyl (C=O) groups excluding carboxylic acids is 3. The number of esters is 1. The van der Waals surface area contributed by atoms with E-state index >= 15 is 0 Å². The number of benzene rings is 2. The van der Waals surface area contributed by atoms with Gasteiger partial charge in [0.2, 0.25) is 6.10 Å². The molecule has 0 saturated heterocycles. The number of ether oxygens (including phenoxy) is 2. The lowest BCUT2D eigenvalue weighted by molar-refractivity contribution is -0.158. The molecule has 1 atom stereocenters. The second kappa shape index (κ2) is 10.3. The maximum Gasteiger partial charge on any atom is 0.345 e. The summed E-state index contributed by atoms with van der Waals surface area (Å²) in [7, 11) is 0. The molecule has 0 aromatic heterocycles. The van der Waals surface area contributed by atoms with E-state index in [-0.39, 0.29) is 11.3 Å². The number of para-hydroxylation sites is 1. The zero-order chi connectivity index (χ0) is 20.4. The summed E-state index contributed by atoms with van der Waals surface area (Å²) >= 11 is 0. The molecule has 2 rings (SSSR count). The molecule has 0 bridgehead atoms. The summed E-state index contributed by atoms with van der Waals surface area (Å²) in [4.78, 5) is 36.2. The first kappa shape index (κ1) is 20.5. The van der Waals surface area contributed by atoms with E-state index in [9.17, 15) is 14.4 Å².